The predicted molar refractivity (Wildman–Crippen MR) is 114 cm³/mol. The number of carbonyl (C=O) groups excluding carboxylic acids is 2. The Morgan fingerprint density at radius 2 is 1.45 bits per heavy atom. The molecule has 0 radical (unpaired) electrons. The number of aromatic nitrogens is 1. The highest BCUT2D eigenvalue weighted by Crippen LogP contribution is 2.42. The maximum atomic E-state index is 14.1. The normalized spacial score (nSPS) is 18.9. The molecule has 5 nitrogen and oxygen atoms in total. The van der Waals surface area contributed by atoms with Crippen molar-refractivity contribution in [3.8, 4) is 0 Å². The first-order valence-corrected chi connectivity index (χ1v) is 10.4. The summed E-state index contributed by atoms with van der Waals surface area (Å²) in [6, 6.07) is 18.3. The van der Waals surface area contributed by atoms with E-state index in [-0.39, 0.29) is 11.6 Å². The lowest BCUT2D eigenvalue weighted by Crippen LogP contribution is -2.60. The summed E-state index contributed by atoms with van der Waals surface area (Å²) >= 11 is 0. The van der Waals surface area contributed by atoms with E-state index in [2.05, 4.69) is 22.0 Å². The number of hydrogen-bond acceptors (Lipinski definition) is 5. The van der Waals surface area contributed by atoms with Crippen LogP contribution in [-0.2, 0) is 12.1 Å². The van der Waals surface area contributed by atoms with Gasteiger partial charge in [-0.1, -0.05) is 54.6 Å². The van der Waals surface area contributed by atoms with E-state index in [1.807, 2.05) is 23.1 Å². The number of rotatable bonds is 4. The fraction of sp³-hybridized carbons (Fsp3) is 0.240. The molecule has 2 heterocycles. The Labute approximate surface area is 180 Å². The minimum absolute atomic E-state index is 0.294. The van der Waals surface area contributed by atoms with Crippen LogP contribution >= 0.6 is 0 Å². The largest absolute Gasteiger partial charge is 0.297 e. The van der Waals surface area contributed by atoms with Crippen molar-refractivity contribution in [3.05, 3.63) is 101 Å². The van der Waals surface area contributed by atoms with E-state index in [1.165, 1.54) is 17.8 Å². The van der Waals surface area contributed by atoms with Crippen LogP contribution in [-0.4, -0.2) is 52.5 Å². The second-order valence-electron chi connectivity index (χ2n) is 8.05. The molecule has 0 bridgehead atoms. The van der Waals surface area contributed by atoms with Gasteiger partial charge in [0.25, 0.3) is 0 Å². The van der Waals surface area contributed by atoms with Crippen LogP contribution in [0.3, 0.4) is 0 Å². The third kappa shape index (κ3) is 3.19. The van der Waals surface area contributed by atoms with Crippen LogP contribution in [0.4, 0.5) is 4.39 Å². The van der Waals surface area contributed by atoms with Gasteiger partial charge in [0.1, 0.15) is 5.82 Å². The maximum absolute atomic E-state index is 14.1. The third-order valence-electron chi connectivity index (χ3n) is 6.29. The summed E-state index contributed by atoms with van der Waals surface area (Å²) in [5.74, 6) is -1.15. The van der Waals surface area contributed by atoms with Crippen LogP contribution in [0.5, 0.6) is 0 Å². The van der Waals surface area contributed by atoms with Gasteiger partial charge in [-0.05, 0) is 11.6 Å². The summed E-state index contributed by atoms with van der Waals surface area (Å²) in [4.78, 5) is 35.5. The van der Waals surface area contributed by atoms with E-state index in [0.717, 1.165) is 12.7 Å². The van der Waals surface area contributed by atoms with E-state index in [0.29, 0.717) is 42.9 Å². The van der Waals surface area contributed by atoms with E-state index in [1.54, 1.807) is 24.3 Å². The first-order chi connectivity index (χ1) is 15.1. The summed E-state index contributed by atoms with van der Waals surface area (Å²) in [5, 5.41) is 0. The van der Waals surface area contributed by atoms with Gasteiger partial charge in [0, 0.05) is 55.6 Å². The molecule has 0 atom stereocenters. The van der Waals surface area contributed by atoms with Gasteiger partial charge in [-0.3, -0.25) is 24.4 Å². The molecule has 156 valence electrons. The highest BCUT2D eigenvalue weighted by atomic mass is 19.1. The molecule has 0 amide bonds. The van der Waals surface area contributed by atoms with Crippen LogP contribution in [0.15, 0.2) is 73.1 Å². The Hall–Kier alpha value is -3.22. The number of Topliss-reactive ketones (excluding diaryl/α,β-unsaturated/α-hetero) is 2. The number of halogens is 1. The van der Waals surface area contributed by atoms with E-state index >= 15 is 0 Å². The average Bonchev–Trinajstić information content (AvgIpc) is 3.03. The van der Waals surface area contributed by atoms with Crippen molar-refractivity contribution < 1.29 is 14.0 Å². The van der Waals surface area contributed by atoms with Crippen molar-refractivity contribution in [1.82, 2.24) is 14.8 Å². The number of benzene rings is 2. The minimum atomic E-state index is -1.56. The summed E-state index contributed by atoms with van der Waals surface area (Å²) in [7, 11) is 0. The molecule has 5 rings (SSSR count). The number of piperazine rings is 1. The Morgan fingerprint density at radius 1 is 0.839 bits per heavy atom. The highest BCUT2D eigenvalue weighted by Gasteiger charge is 2.58. The van der Waals surface area contributed by atoms with Gasteiger partial charge in [0.05, 0.1) is 6.20 Å². The van der Waals surface area contributed by atoms with Crippen molar-refractivity contribution in [2.75, 3.05) is 26.2 Å². The first-order valence-electron chi connectivity index (χ1n) is 10.4. The lowest BCUT2D eigenvalue weighted by molar-refractivity contribution is 0.0277. The molecular formula is C25H22FN3O2. The van der Waals surface area contributed by atoms with Crippen molar-refractivity contribution in [3.63, 3.8) is 0 Å². The molecule has 1 fully saturated rings. The molecule has 1 aliphatic carbocycles. The van der Waals surface area contributed by atoms with Gasteiger partial charge >= 0.3 is 0 Å². The smallest absolute Gasteiger partial charge is 0.196 e. The van der Waals surface area contributed by atoms with Gasteiger partial charge in [0.2, 0.25) is 0 Å². The molecule has 1 aromatic heterocycles. The van der Waals surface area contributed by atoms with Crippen molar-refractivity contribution in [1.29, 1.82) is 0 Å². The van der Waals surface area contributed by atoms with Crippen LogP contribution in [0.25, 0.3) is 0 Å². The molecule has 2 aromatic carbocycles. The fourth-order valence-corrected chi connectivity index (χ4v) is 4.80. The fourth-order valence-electron chi connectivity index (χ4n) is 4.80. The SMILES string of the molecule is O=C1c2ccccc2C(=O)C1(c1cncc(F)c1)N1CCN(Cc2ccccc2)CC1. The summed E-state index contributed by atoms with van der Waals surface area (Å²) in [6.07, 6.45) is 2.53. The zero-order valence-corrected chi connectivity index (χ0v) is 17.0. The molecular weight excluding hydrogens is 393 g/mol. The number of fused-ring (bicyclic) bond motifs is 1. The van der Waals surface area contributed by atoms with Crippen molar-refractivity contribution in [2.24, 2.45) is 0 Å². The molecule has 3 aromatic rings. The zero-order valence-electron chi connectivity index (χ0n) is 17.0. The molecule has 0 saturated carbocycles. The number of carbonyl (C=O) groups is 2. The Balaban J connectivity index is 1.49. The molecule has 2 aliphatic rings. The molecule has 1 aliphatic heterocycles. The average molecular weight is 415 g/mol. The zero-order chi connectivity index (χ0) is 21.4. The second kappa shape index (κ2) is 7.80. The first kappa shape index (κ1) is 19.7. The van der Waals surface area contributed by atoms with E-state index in [4.69, 9.17) is 0 Å². The Bertz CT molecular complexity index is 1110. The molecule has 0 N–H and O–H groups in total. The molecule has 1 saturated heterocycles. The van der Waals surface area contributed by atoms with Crippen molar-refractivity contribution in [2.45, 2.75) is 12.1 Å². The standard InChI is InChI=1S/C25H22FN3O2/c26-20-14-19(15-27-16-20)25(23(30)21-8-4-5-9-22(21)24(25)31)29-12-10-28(11-13-29)17-18-6-2-1-3-7-18/h1-9,14-16H,10-13,17H2. The van der Waals surface area contributed by atoms with Gasteiger partial charge in [-0.2, -0.15) is 0 Å². The highest BCUT2D eigenvalue weighted by molar-refractivity contribution is 6.32. The summed E-state index contributed by atoms with van der Waals surface area (Å²) in [6.45, 7) is 3.27. The van der Waals surface area contributed by atoms with Crippen LogP contribution in [0.1, 0.15) is 31.8 Å². The summed E-state index contributed by atoms with van der Waals surface area (Å²) < 4.78 is 14.1. The molecule has 6 heteroatoms. The van der Waals surface area contributed by atoms with Crippen LogP contribution < -0.4 is 0 Å². The van der Waals surface area contributed by atoms with Gasteiger partial charge in [0.15, 0.2) is 17.1 Å². The second-order valence-corrected chi connectivity index (χ2v) is 8.05. The maximum Gasteiger partial charge on any atom is 0.196 e. The Kier molecular flexibility index (Phi) is 4.96. The van der Waals surface area contributed by atoms with Gasteiger partial charge in [-0.15, -0.1) is 0 Å². The van der Waals surface area contributed by atoms with Gasteiger partial charge in [-0.25, -0.2) is 4.39 Å². The van der Waals surface area contributed by atoms with E-state index < -0.39 is 11.4 Å². The number of hydrogen-bond donors (Lipinski definition) is 0. The lowest BCUT2D eigenvalue weighted by atomic mass is 9.83. The molecule has 0 spiro atoms. The Morgan fingerprint density at radius 3 is 2.06 bits per heavy atom. The van der Waals surface area contributed by atoms with Crippen molar-refractivity contribution >= 4 is 11.6 Å². The third-order valence-corrected chi connectivity index (χ3v) is 6.29. The van der Waals surface area contributed by atoms with E-state index in [9.17, 15) is 14.0 Å². The van der Waals surface area contributed by atoms with Gasteiger partial charge < -0.3 is 0 Å². The monoisotopic (exact) mass is 415 g/mol. The predicted octanol–water partition coefficient (Wildman–Crippen LogP) is 3.31. The quantitative estimate of drug-likeness (QED) is 0.612. The lowest BCUT2D eigenvalue weighted by Gasteiger charge is -2.43. The summed E-state index contributed by atoms with van der Waals surface area (Å²) in [5.41, 5.74) is 0.750. The molecule has 31 heavy (non-hydrogen) atoms. The number of nitrogens with zero attached hydrogens (tertiary/aromatic N) is 3. The number of pyridine rings is 1. The van der Waals surface area contributed by atoms with Crippen LogP contribution in [0.2, 0.25) is 0 Å². The minimum Gasteiger partial charge on any atom is -0.297 e. The number of ketones is 2. The topological polar surface area (TPSA) is 53.5 Å². The van der Waals surface area contributed by atoms with Crippen LogP contribution in [0, 0.1) is 5.82 Å². The molecule has 0 unspecified atom stereocenters.